The first-order valence-corrected chi connectivity index (χ1v) is 19.9. The second kappa shape index (κ2) is 28.9. The van der Waals surface area contributed by atoms with E-state index < -0.39 is 13.4 Å². The van der Waals surface area contributed by atoms with Gasteiger partial charge >= 0.3 is 6.09 Å². The molecule has 0 radical (unpaired) electrons. The van der Waals surface area contributed by atoms with Gasteiger partial charge in [-0.25, -0.2) is 4.79 Å². The Morgan fingerprint density at radius 1 is 0.487 bits per heavy atom. The van der Waals surface area contributed by atoms with E-state index in [0.717, 1.165) is 19.0 Å². The van der Waals surface area contributed by atoms with Crippen molar-refractivity contribution in [3.05, 3.63) is 0 Å². The molecule has 2 amide bonds. The van der Waals surface area contributed by atoms with Crippen molar-refractivity contribution in [1.29, 1.82) is 0 Å². The summed E-state index contributed by atoms with van der Waals surface area (Å²) in [5.74, 6) is -0.152. The molecule has 0 aromatic heterocycles. The van der Waals surface area contributed by atoms with Gasteiger partial charge in [0, 0.05) is 7.26 Å². The first-order valence-electron chi connectivity index (χ1n) is 17.3. The highest BCUT2D eigenvalue weighted by molar-refractivity contribution is 7.75. The fourth-order valence-electron chi connectivity index (χ4n) is 5.52. The lowest BCUT2D eigenvalue weighted by Crippen LogP contribution is -2.32. The lowest BCUT2D eigenvalue weighted by Gasteiger charge is -2.27. The molecule has 1 N–H and O–H groups in total. The molecule has 0 atom stereocenters. The number of hydrogen-bond donors (Lipinski definition) is 1. The quantitative estimate of drug-likeness (QED) is 0.0718. The summed E-state index contributed by atoms with van der Waals surface area (Å²) in [6, 6.07) is 0. The number of rotatable bonds is 29. The van der Waals surface area contributed by atoms with Gasteiger partial charge in [-0.2, -0.15) is 0 Å². The predicted octanol–water partition coefficient (Wildman–Crippen LogP) is 11.3. The molecule has 0 aliphatic carbocycles. The Morgan fingerprint density at radius 2 is 0.846 bits per heavy atom. The number of amides is 2. The average molecular weight is 571 g/mol. The first-order chi connectivity index (χ1) is 19.0. The van der Waals surface area contributed by atoms with Crippen LogP contribution in [0, 0.1) is 0 Å². The van der Waals surface area contributed by atoms with Crippen LogP contribution in [0.4, 0.5) is 4.79 Å². The van der Waals surface area contributed by atoms with Gasteiger partial charge in [0.1, 0.15) is 0 Å². The largest absolute Gasteiger partial charge is 0.449 e. The van der Waals surface area contributed by atoms with Crippen molar-refractivity contribution in [1.82, 2.24) is 5.32 Å². The van der Waals surface area contributed by atoms with Gasteiger partial charge in [-0.05, 0) is 25.7 Å². The third-order valence-electron chi connectivity index (χ3n) is 8.24. The Labute approximate surface area is 245 Å². The van der Waals surface area contributed by atoms with Gasteiger partial charge in [0.15, 0.2) is 0 Å². The van der Waals surface area contributed by atoms with Gasteiger partial charge in [-0.3, -0.25) is 10.1 Å². The molecule has 5 heteroatoms. The number of carbonyl (C=O) groups excluding carboxylic acids is 2. The van der Waals surface area contributed by atoms with Crippen molar-refractivity contribution >= 4 is 19.3 Å². The SMILES string of the molecule is CCCCCCCCCCCCCCCCCCOC(=O)NC(=O)CC[P+](CCCC)(CCCC)CCCC. The average Bonchev–Trinajstić information content (AvgIpc) is 2.94. The second-order valence-electron chi connectivity index (χ2n) is 12.0. The van der Waals surface area contributed by atoms with Crippen molar-refractivity contribution in [2.75, 3.05) is 31.3 Å². The smallest absolute Gasteiger partial charge is 0.413 e. The zero-order valence-electron chi connectivity index (χ0n) is 27.0. The Balaban J connectivity index is 3.82. The summed E-state index contributed by atoms with van der Waals surface area (Å²) >= 11 is 0. The van der Waals surface area contributed by atoms with Gasteiger partial charge in [-0.15, -0.1) is 0 Å². The van der Waals surface area contributed by atoms with Crippen molar-refractivity contribution in [2.45, 2.75) is 175 Å². The van der Waals surface area contributed by atoms with Crippen LogP contribution in [0.1, 0.15) is 175 Å². The minimum atomic E-state index is -1.11. The molecule has 0 unspecified atom stereocenters. The number of ether oxygens (including phenoxy) is 1. The molecular formula is C34H69NO3P+. The fraction of sp³-hybridized carbons (Fsp3) is 0.941. The maximum atomic E-state index is 12.5. The number of carbonyl (C=O) groups is 2. The molecule has 0 heterocycles. The maximum absolute atomic E-state index is 12.5. The molecule has 0 bridgehead atoms. The Hall–Kier alpha value is -0.630. The Morgan fingerprint density at radius 3 is 1.23 bits per heavy atom. The van der Waals surface area contributed by atoms with Crippen LogP contribution in [0.3, 0.4) is 0 Å². The number of alkyl carbamates (subject to hydrolysis) is 1. The summed E-state index contributed by atoms with van der Waals surface area (Å²) < 4.78 is 5.30. The fourth-order valence-corrected chi connectivity index (χ4v) is 10.5. The molecule has 0 rings (SSSR count). The molecule has 4 nitrogen and oxygen atoms in total. The summed E-state index contributed by atoms with van der Waals surface area (Å²) in [7, 11) is -1.11. The monoisotopic (exact) mass is 571 g/mol. The van der Waals surface area contributed by atoms with Crippen LogP contribution in [0.2, 0.25) is 0 Å². The van der Waals surface area contributed by atoms with E-state index in [9.17, 15) is 9.59 Å². The molecule has 0 spiro atoms. The molecule has 0 aliphatic rings. The van der Waals surface area contributed by atoms with Crippen LogP contribution in [0.15, 0.2) is 0 Å². The summed E-state index contributed by atoms with van der Waals surface area (Å²) in [5, 5.41) is 2.49. The third kappa shape index (κ3) is 24.9. The van der Waals surface area contributed by atoms with E-state index in [0.29, 0.717) is 13.0 Å². The molecule has 0 saturated heterocycles. The lowest BCUT2D eigenvalue weighted by molar-refractivity contribution is -0.120. The van der Waals surface area contributed by atoms with Crippen molar-refractivity contribution in [3.63, 3.8) is 0 Å². The van der Waals surface area contributed by atoms with Crippen LogP contribution in [0.25, 0.3) is 0 Å². The van der Waals surface area contributed by atoms with Gasteiger partial charge in [0.25, 0.3) is 0 Å². The van der Waals surface area contributed by atoms with Crippen LogP contribution in [0.5, 0.6) is 0 Å². The standard InChI is InChI=1S/C34H68NO3P/c1-5-9-13-14-15-16-17-18-19-20-21-22-23-24-25-26-28-38-34(37)35-33(36)27-32-39(29-10-6-2,30-11-7-3)31-12-8-4/h5-32H2,1-4H3/p+1. The van der Waals surface area contributed by atoms with Crippen LogP contribution >= 0.6 is 7.26 Å². The van der Waals surface area contributed by atoms with Crippen LogP contribution in [-0.4, -0.2) is 43.3 Å². The Kier molecular flexibility index (Phi) is 28.4. The second-order valence-corrected chi connectivity index (χ2v) is 16.5. The van der Waals surface area contributed by atoms with E-state index >= 15 is 0 Å². The number of imide groups is 1. The van der Waals surface area contributed by atoms with Crippen LogP contribution < -0.4 is 5.32 Å². The molecule has 0 fully saturated rings. The van der Waals surface area contributed by atoms with E-state index in [1.54, 1.807) is 0 Å². The number of unbranched alkanes of at least 4 members (excludes halogenated alkanes) is 18. The molecular weight excluding hydrogens is 501 g/mol. The van der Waals surface area contributed by atoms with E-state index in [1.807, 2.05) is 0 Å². The van der Waals surface area contributed by atoms with E-state index in [2.05, 4.69) is 33.0 Å². The van der Waals surface area contributed by atoms with E-state index in [1.165, 1.54) is 147 Å². The zero-order valence-corrected chi connectivity index (χ0v) is 27.9. The zero-order chi connectivity index (χ0) is 28.9. The molecule has 0 aromatic carbocycles. The van der Waals surface area contributed by atoms with Gasteiger partial charge in [0.2, 0.25) is 5.91 Å². The van der Waals surface area contributed by atoms with Crippen LogP contribution in [-0.2, 0) is 9.53 Å². The highest BCUT2D eigenvalue weighted by atomic mass is 31.2. The topological polar surface area (TPSA) is 55.4 Å². The van der Waals surface area contributed by atoms with Gasteiger partial charge < -0.3 is 4.74 Å². The summed E-state index contributed by atoms with van der Waals surface area (Å²) in [4.78, 5) is 24.6. The lowest BCUT2D eigenvalue weighted by atomic mass is 10.0. The first kappa shape index (κ1) is 38.4. The van der Waals surface area contributed by atoms with E-state index in [-0.39, 0.29) is 5.91 Å². The summed E-state index contributed by atoms with van der Waals surface area (Å²) in [6.07, 6.45) is 33.5. The molecule has 0 saturated carbocycles. The molecule has 39 heavy (non-hydrogen) atoms. The van der Waals surface area contributed by atoms with Crippen molar-refractivity contribution in [2.24, 2.45) is 0 Å². The van der Waals surface area contributed by atoms with Gasteiger partial charge in [-0.1, -0.05) is 143 Å². The van der Waals surface area contributed by atoms with Gasteiger partial charge in [0.05, 0.1) is 37.7 Å². The highest BCUT2D eigenvalue weighted by Crippen LogP contribution is 2.61. The predicted molar refractivity (Wildman–Crippen MR) is 175 cm³/mol. The highest BCUT2D eigenvalue weighted by Gasteiger charge is 2.35. The summed E-state index contributed by atoms with van der Waals surface area (Å²) in [5.41, 5.74) is 0. The van der Waals surface area contributed by atoms with Crippen molar-refractivity contribution in [3.8, 4) is 0 Å². The Bertz CT molecular complexity index is 533. The molecule has 232 valence electrons. The molecule has 0 aromatic rings. The normalized spacial score (nSPS) is 11.6. The van der Waals surface area contributed by atoms with E-state index in [4.69, 9.17) is 4.74 Å². The van der Waals surface area contributed by atoms with Crippen molar-refractivity contribution < 1.29 is 14.3 Å². The number of hydrogen-bond acceptors (Lipinski definition) is 3. The summed E-state index contributed by atoms with van der Waals surface area (Å²) in [6.45, 7) is 9.48. The third-order valence-corrected chi connectivity index (χ3v) is 13.2. The number of nitrogens with one attached hydrogen (secondary N) is 1. The minimum Gasteiger partial charge on any atom is -0.449 e. The minimum absolute atomic E-state index is 0.152. The maximum Gasteiger partial charge on any atom is 0.413 e. The molecule has 0 aliphatic heterocycles.